The van der Waals surface area contributed by atoms with Crippen LogP contribution in [-0.4, -0.2) is 85.6 Å². The lowest BCUT2D eigenvalue weighted by atomic mass is 9.99. The molecule has 1 aliphatic heterocycles. The van der Waals surface area contributed by atoms with Crippen LogP contribution in [0.1, 0.15) is 32.8 Å². The topological polar surface area (TPSA) is 148 Å². The highest BCUT2D eigenvalue weighted by molar-refractivity contribution is 7.89. The summed E-state index contributed by atoms with van der Waals surface area (Å²) in [6, 6.07) is 17.6. The standard InChI is InChI=1S/C31H38N4O8S/c1-31(2,3)43-30(37)32-16-15-25-21-33(17-18-34(25)44(40,41)28-12-8-7-11-26(28)35(38)39)27(29(36)42-4)20-22-13-14-23-9-5-6-10-24(23)19-22/h5-14,19,25,27H,15-18,20-21H2,1-4H3,(H,32,37)/t25-,27-/m0/s1. The number of alkyl carbamates (subject to hydrolysis) is 1. The molecule has 0 bridgehead atoms. The molecule has 3 aromatic carbocycles. The van der Waals surface area contributed by atoms with Crippen LogP contribution >= 0.6 is 0 Å². The Morgan fingerprint density at radius 1 is 1.05 bits per heavy atom. The van der Waals surface area contributed by atoms with Gasteiger partial charge in [0, 0.05) is 38.3 Å². The number of piperazine rings is 1. The summed E-state index contributed by atoms with van der Waals surface area (Å²) in [5.41, 5.74) is -0.328. The van der Waals surface area contributed by atoms with E-state index in [1.54, 1.807) is 20.8 Å². The van der Waals surface area contributed by atoms with E-state index in [2.05, 4.69) is 5.32 Å². The van der Waals surface area contributed by atoms with Gasteiger partial charge in [-0.15, -0.1) is 0 Å². The fourth-order valence-corrected chi connectivity index (χ4v) is 7.19. The monoisotopic (exact) mass is 626 g/mol. The molecule has 13 heteroatoms. The molecule has 12 nitrogen and oxygen atoms in total. The number of benzene rings is 3. The van der Waals surface area contributed by atoms with Crippen molar-refractivity contribution in [1.29, 1.82) is 0 Å². The van der Waals surface area contributed by atoms with Crippen LogP contribution in [-0.2, 0) is 30.7 Å². The van der Waals surface area contributed by atoms with E-state index < -0.39 is 55.3 Å². The highest BCUT2D eigenvalue weighted by Gasteiger charge is 2.41. The summed E-state index contributed by atoms with van der Waals surface area (Å²) in [5.74, 6) is -0.459. The predicted octanol–water partition coefficient (Wildman–Crippen LogP) is 4.12. The number of esters is 1. The maximum Gasteiger partial charge on any atom is 0.407 e. The van der Waals surface area contributed by atoms with Crippen molar-refractivity contribution < 1.29 is 32.4 Å². The van der Waals surface area contributed by atoms with Gasteiger partial charge in [0.1, 0.15) is 11.6 Å². The number of nitro groups is 1. The van der Waals surface area contributed by atoms with Crippen LogP contribution in [0.5, 0.6) is 0 Å². The lowest BCUT2D eigenvalue weighted by molar-refractivity contribution is -0.387. The Kier molecular flexibility index (Phi) is 10.2. The first-order valence-corrected chi connectivity index (χ1v) is 15.8. The van der Waals surface area contributed by atoms with Crippen molar-refractivity contribution >= 4 is 38.5 Å². The lowest BCUT2D eigenvalue weighted by Gasteiger charge is -2.43. The first kappa shape index (κ1) is 32.8. The van der Waals surface area contributed by atoms with Crippen molar-refractivity contribution in [1.82, 2.24) is 14.5 Å². The van der Waals surface area contributed by atoms with Gasteiger partial charge in [-0.25, -0.2) is 13.2 Å². The molecule has 2 atom stereocenters. The molecule has 0 unspecified atom stereocenters. The van der Waals surface area contributed by atoms with Crippen LogP contribution in [0.25, 0.3) is 10.8 Å². The molecule has 0 radical (unpaired) electrons. The average Bonchev–Trinajstić information content (AvgIpc) is 2.98. The maximum absolute atomic E-state index is 13.9. The molecule has 4 rings (SSSR count). The number of carbonyl (C=O) groups excluding carboxylic acids is 2. The molecule has 44 heavy (non-hydrogen) atoms. The van der Waals surface area contributed by atoms with E-state index in [0.717, 1.165) is 22.4 Å². The molecule has 1 fully saturated rings. The second-order valence-corrected chi connectivity index (χ2v) is 13.5. The third-order valence-electron chi connectivity index (χ3n) is 7.41. The highest BCUT2D eigenvalue weighted by atomic mass is 32.2. The largest absolute Gasteiger partial charge is 0.468 e. The summed E-state index contributed by atoms with van der Waals surface area (Å²) in [7, 11) is -3.01. The quantitative estimate of drug-likeness (QED) is 0.199. The number of nitrogens with zero attached hydrogens (tertiary/aromatic N) is 3. The van der Waals surface area contributed by atoms with Crippen LogP contribution in [0.2, 0.25) is 0 Å². The van der Waals surface area contributed by atoms with Gasteiger partial charge < -0.3 is 14.8 Å². The number of nitrogens with one attached hydrogen (secondary N) is 1. The zero-order chi connectivity index (χ0) is 32.1. The van der Waals surface area contributed by atoms with E-state index >= 15 is 0 Å². The Bertz CT molecular complexity index is 1620. The highest BCUT2D eigenvalue weighted by Crippen LogP contribution is 2.30. The van der Waals surface area contributed by atoms with Crippen molar-refractivity contribution in [2.45, 2.75) is 56.2 Å². The summed E-state index contributed by atoms with van der Waals surface area (Å²) in [4.78, 5) is 37.8. The van der Waals surface area contributed by atoms with Crippen molar-refractivity contribution in [2.75, 3.05) is 33.3 Å². The van der Waals surface area contributed by atoms with Crippen LogP contribution in [0.4, 0.5) is 10.5 Å². The van der Waals surface area contributed by atoms with E-state index in [1.807, 2.05) is 47.4 Å². The van der Waals surface area contributed by atoms with E-state index in [9.17, 15) is 28.1 Å². The number of fused-ring (bicyclic) bond motifs is 1. The molecule has 0 spiro atoms. The fraction of sp³-hybridized carbons (Fsp3) is 0.419. The summed E-state index contributed by atoms with van der Waals surface area (Å²) < 4.78 is 39.5. The molecule has 0 aliphatic carbocycles. The molecule has 1 N–H and O–H groups in total. The molecule has 1 saturated heterocycles. The number of ether oxygens (including phenoxy) is 2. The van der Waals surface area contributed by atoms with Gasteiger partial charge in [-0.05, 0) is 56.0 Å². The van der Waals surface area contributed by atoms with Gasteiger partial charge in [0.15, 0.2) is 4.90 Å². The first-order valence-electron chi connectivity index (χ1n) is 14.3. The van der Waals surface area contributed by atoms with Gasteiger partial charge in [-0.2, -0.15) is 4.31 Å². The molecule has 0 aromatic heterocycles. The molecular formula is C31H38N4O8S. The van der Waals surface area contributed by atoms with E-state index in [4.69, 9.17) is 9.47 Å². The van der Waals surface area contributed by atoms with Gasteiger partial charge in [0.2, 0.25) is 10.0 Å². The third-order valence-corrected chi connectivity index (χ3v) is 9.41. The van der Waals surface area contributed by atoms with Gasteiger partial charge in [0.25, 0.3) is 5.69 Å². The number of hydrogen-bond donors (Lipinski definition) is 1. The number of nitro benzene ring substituents is 1. The van der Waals surface area contributed by atoms with Gasteiger partial charge in [0.05, 0.1) is 12.0 Å². The summed E-state index contributed by atoms with van der Waals surface area (Å²) >= 11 is 0. The second kappa shape index (κ2) is 13.7. The minimum atomic E-state index is -4.32. The van der Waals surface area contributed by atoms with Gasteiger partial charge in [-0.1, -0.05) is 54.6 Å². The number of hydrogen-bond acceptors (Lipinski definition) is 9. The first-order chi connectivity index (χ1) is 20.8. The van der Waals surface area contributed by atoms with Gasteiger partial charge in [-0.3, -0.25) is 19.8 Å². The number of para-hydroxylation sites is 1. The Labute approximate surface area is 257 Å². The molecule has 3 aromatic rings. The smallest absolute Gasteiger partial charge is 0.407 e. The Balaban J connectivity index is 1.62. The fourth-order valence-electron chi connectivity index (χ4n) is 5.39. The molecule has 1 amide bonds. The number of amides is 1. The average molecular weight is 627 g/mol. The minimum absolute atomic E-state index is 0.0311. The normalized spacial score (nSPS) is 17.1. The van der Waals surface area contributed by atoms with E-state index in [-0.39, 0.29) is 32.6 Å². The third kappa shape index (κ3) is 7.90. The Morgan fingerprint density at radius 3 is 2.41 bits per heavy atom. The minimum Gasteiger partial charge on any atom is -0.468 e. The van der Waals surface area contributed by atoms with Crippen LogP contribution in [0, 0.1) is 10.1 Å². The Morgan fingerprint density at radius 2 is 1.73 bits per heavy atom. The molecular weight excluding hydrogens is 588 g/mol. The van der Waals surface area contributed by atoms with Crippen LogP contribution < -0.4 is 5.32 Å². The molecule has 0 saturated carbocycles. The second-order valence-electron chi connectivity index (χ2n) is 11.6. The van der Waals surface area contributed by atoms with Crippen LogP contribution in [0.3, 0.4) is 0 Å². The van der Waals surface area contributed by atoms with Crippen molar-refractivity contribution in [2.24, 2.45) is 0 Å². The van der Waals surface area contributed by atoms with Crippen molar-refractivity contribution in [3.63, 3.8) is 0 Å². The Hall–Kier alpha value is -4.07. The molecule has 236 valence electrons. The molecule has 1 heterocycles. The van der Waals surface area contributed by atoms with Gasteiger partial charge >= 0.3 is 12.1 Å². The number of methoxy groups -OCH3 is 1. The zero-order valence-electron chi connectivity index (χ0n) is 25.3. The van der Waals surface area contributed by atoms with Crippen molar-refractivity contribution in [3.05, 3.63) is 82.4 Å². The summed E-state index contributed by atoms with van der Waals surface area (Å²) in [5, 5.41) is 16.5. The SMILES string of the molecule is COC(=O)[C@H](Cc1ccc2ccccc2c1)N1CCN(S(=O)(=O)c2ccccc2[N+](=O)[O-])[C@@H](CCNC(=O)OC(C)(C)C)C1. The maximum atomic E-state index is 13.9. The van der Waals surface area contributed by atoms with Crippen molar-refractivity contribution in [3.8, 4) is 0 Å². The van der Waals surface area contributed by atoms with Crippen LogP contribution in [0.15, 0.2) is 71.6 Å². The predicted molar refractivity (Wildman–Crippen MR) is 165 cm³/mol. The number of sulfonamides is 1. The number of carbonyl (C=O) groups is 2. The molecule has 1 aliphatic rings. The van der Waals surface area contributed by atoms with E-state index in [1.165, 1.54) is 29.6 Å². The summed E-state index contributed by atoms with van der Waals surface area (Å²) in [6.07, 6.45) is -0.154. The zero-order valence-corrected chi connectivity index (χ0v) is 26.1. The lowest BCUT2D eigenvalue weighted by Crippen LogP contribution is -2.59. The number of rotatable bonds is 10. The summed E-state index contributed by atoms with van der Waals surface area (Å²) in [6.45, 7) is 5.55. The van der Waals surface area contributed by atoms with E-state index in [0.29, 0.717) is 6.42 Å².